The molecule has 3 aromatic rings. The van der Waals surface area contributed by atoms with Crippen LogP contribution in [-0.4, -0.2) is 33.8 Å². The number of nitrogens with one attached hydrogen (secondary N) is 3. The second-order valence-corrected chi connectivity index (χ2v) is 5.68. The van der Waals surface area contributed by atoms with Gasteiger partial charge in [-0.2, -0.15) is 0 Å². The number of aromatic nitrogens is 2. The molecule has 0 bridgehead atoms. The summed E-state index contributed by atoms with van der Waals surface area (Å²) in [6.07, 6.45) is 2.70. The Balaban J connectivity index is 1.53. The molecule has 3 rings (SSSR count). The average Bonchev–Trinajstić information content (AvgIpc) is 3.21. The fourth-order valence-electron chi connectivity index (χ4n) is 2.36. The molecule has 3 amide bonds. The van der Waals surface area contributed by atoms with Crippen LogP contribution in [0.1, 0.15) is 20.8 Å². The van der Waals surface area contributed by atoms with Crippen LogP contribution in [0.5, 0.6) is 0 Å². The summed E-state index contributed by atoms with van der Waals surface area (Å²) in [7, 11) is 0. The van der Waals surface area contributed by atoms with E-state index in [1.54, 1.807) is 30.3 Å². The van der Waals surface area contributed by atoms with Gasteiger partial charge >= 0.3 is 0 Å². The number of halogens is 1. The molecule has 1 heterocycles. The summed E-state index contributed by atoms with van der Waals surface area (Å²) >= 11 is 0. The van der Waals surface area contributed by atoms with Crippen molar-refractivity contribution in [3.05, 3.63) is 84.2 Å². The van der Waals surface area contributed by atoms with Gasteiger partial charge < -0.3 is 5.32 Å². The molecule has 28 heavy (non-hydrogen) atoms. The van der Waals surface area contributed by atoms with Crippen molar-refractivity contribution >= 4 is 17.7 Å². The summed E-state index contributed by atoms with van der Waals surface area (Å²) < 4.78 is 14.5. The van der Waals surface area contributed by atoms with E-state index in [4.69, 9.17) is 0 Å². The third-order valence-corrected chi connectivity index (χ3v) is 3.74. The largest absolute Gasteiger partial charge is 0.343 e. The van der Waals surface area contributed by atoms with Crippen LogP contribution >= 0.6 is 0 Å². The van der Waals surface area contributed by atoms with Gasteiger partial charge in [-0.3, -0.25) is 29.8 Å². The minimum atomic E-state index is -0.621. The van der Waals surface area contributed by atoms with E-state index >= 15 is 0 Å². The molecule has 8 nitrogen and oxygen atoms in total. The van der Waals surface area contributed by atoms with Crippen LogP contribution in [0.25, 0.3) is 5.69 Å². The van der Waals surface area contributed by atoms with E-state index in [-0.39, 0.29) is 12.2 Å². The van der Waals surface area contributed by atoms with Gasteiger partial charge in [-0.1, -0.05) is 18.2 Å². The Hall–Kier alpha value is -4.01. The van der Waals surface area contributed by atoms with Crippen molar-refractivity contribution in [2.45, 2.75) is 0 Å². The summed E-state index contributed by atoms with van der Waals surface area (Å²) in [6.45, 7) is -0.314. The molecule has 142 valence electrons. The lowest BCUT2D eigenvalue weighted by atomic mass is 10.2. The zero-order valence-electron chi connectivity index (χ0n) is 14.6. The van der Waals surface area contributed by atoms with Crippen LogP contribution in [-0.2, 0) is 4.79 Å². The highest BCUT2D eigenvalue weighted by atomic mass is 19.1. The van der Waals surface area contributed by atoms with Crippen LogP contribution in [0.15, 0.2) is 67.1 Å². The second kappa shape index (κ2) is 8.58. The Morgan fingerprint density at radius 3 is 2.36 bits per heavy atom. The van der Waals surface area contributed by atoms with E-state index in [1.807, 2.05) is 0 Å². The van der Waals surface area contributed by atoms with Gasteiger partial charge in [0.1, 0.15) is 11.5 Å². The standard InChI is InChI=1S/C19H16FN5O3/c20-14-6-8-15(9-7-14)25-12-21-10-16(25)19(28)24-23-17(26)11-22-18(27)13-4-2-1-3-5-13/h1-10,12H,11H2,(H,22,27)(H,23,26)(H,24,28). The lowest BCUT2D eigenvalue weighted by molar-refractivity contribution is -0.120. The molecule has 0 spiro atoms. The first-order valence-corrected chi connectivity index (χ1v) is 8.25. The third kappa shape index (κ3) is 4.58. The van der Waals surface area contributed by atoms with Gasteiger partial charge in [0.25, 0.3) is 17.7 Å². The maximum atomic E-state index is 13.1. The molecule has 3 N–H and O–H groups in total. The molecule has 0 saturated carbocycles. The van der Waals surface area contributed by atoms with Crippen LogP contribution < -0.4 is 16.2 Å². The molecule has 0 aliphatic rings. The van der Waals surface area contributed by atoms with E-state index in [1.165, 1.54) is 41.4 Å². The number of imidazole rings is 1. The van der Waals surface area contributed by atoms with Gasteiger partial charge in [-0.15, -0.1) is 0 Å². The van der Waals surface area contributed by atoms with Crippen molar-refractivity contribution in [1.29, 1.82) is 0 Å². The van der Waals surface area contributed by atoms with Crippen molar-refractivity contribution in [2.75, 3.05) is 6.54 Å². The number of carbonyl (C=O) groups excluding carboxylic acids is 3. The predicted molar refractivity (Wildman–Crippen MR) is 97.9 cm³/mol. The summed E-state index contributed by atoms with van der Waals surface area (Å²) in [5.74, 6) is -2.04. The van der Waals surface area contributed by atoms with Gasteiger partial charge in [-0.05, 0) is 36.4 Å². The van der Waals surface area contributed by atoms with Crippen molar-refractivity contribution in [3.8, 4) is 5.69 Å². The molecule has 9 heteroatoms. The predicted octanol–water partition coefficient (Wildman–Crippen LogP) is 1.20. The molecule has 0 unspecified atom stereocenters. The van der Waals surface area contributed by atoms with E-state index < -0.39 is 23.5 Å². The lowest BCUT2D eigenvalue weighted by Gasteiger charge is -2.10. The smallest absolute Gasteiger partial charge is 0.288 e. The molecule has 1 aromatic heterocycles. The number of rotatable bonds is 5. The molecule has 0 atom stereocenters. The molecule has 2 aromatic carbocycles. The summed E-state index contributed by atoms with van der Waals surface area (Å²) in [4.78, 5) is 39.9. The number of nitrogens with zero attached hydrogens (tertiary/aromatic N) is 2. The van der Waals surface area contributed by atoms with E-state index in [0.717, 1.165) is 0 Å². The van der Waals surface area contributed by atoms with Crippen molar-refractivity contribution in [2.24, 2.45) is 0 Å². The van der Waals surface area contributed by atoms with E-state index in [2.05, 4.69) is 21.2 Å². The van der Waals surface area contributed by atoms with Crippen LogP contribution in [0, 0.1) is 5.82 Å². The Morgan fingerprint density at radius 2 is 1.64 bits per heavy atom. The topological polar surface area (TPSA) is 105 Å². The number of amides is 3. The monoisotopic (exact) mass is 381 g/mol. The number of benzene rings is 2. The van der Waals surface area contributed by atoms with Crippen LogP contribution in [0.3, 0.4) is 0 Å². The average molecular weight is 381 g/mol. The highest BCUT2D eigenvalue weighted by Gasteiger charge is 2.14. The number of hydrogen-bond donors (Lipinski definition) is 3. The number of carbonyl (C=O) groups is 3. The fourth-order valence-corrected chi connectivity index (χ4v) is 2.36. The van der Waals surface area contributed by atoms with Crippen LogP contribution in [0.2, 0.25) is 0 Å². The SMILES string of the molecule is O=C(CNC(=O)c1ccccc1)NNC(=O)c1cncn1-c1ccc(F)cc1. The Kier molecular flexibility index (Phi) is 5.75. The quantitative estimate of drug-likeness (QED) is 0.578. The first-order chi connectivity index (χ1) is 13.5. The lowest BCUT2D eigenvalue weighted by Crippen LogP contribution is -2.46. The van der Waals surface area contributed by atoms with E-state index in [9.17, 15) is 18.8 Å². The third-order valence-electron chi connectivity index (χ3n) is 3.74. The first-order valence-electron chi connectivity index (χ1n) is 8.25. The molecule has 0 aliphatic heterocycles. The Bertz CT molecular complexity index is 986. The van der Waals surface area contributed by atoms with Gasteiger partial charge in [0.15, 0.2) is 0 Å². The molecule has 0 saturated heterocycles. The summed E-state index contributed by atoms with van der Waals surface area (Å²) in [6, 6.07) is 13.9. The van der Waals surface area contributed by atoms with Gasteiger partial charge in [-0.25, -0.2) is 9.37 Å². The summed E-state index contributed by atoms with van der Waals surface area (Å²) in [5.41, 5.74) is 5.55. The minimum Gasteiger partial charge on any atom is -0.343 e. The maximum absolute atomic E-state index is 13.1. The summed E-state index contributed by atoms with van der Waals surface area (Å²) in [5, 5.41) is 2.44. The fraction of sp³-hybridized carbons (Fsp3) is 0.0526. The van der Waals surface area contributed by atoms with Gasteiger partial charge in [0.2, 0.25) is 0 Å². The first kappa shape index (κ1) is 18.8. The molecule has 0 aliphatic carbocycles. The zero-order chi connectivity index (χ0) is 19.9. The zero-order valence-corrected chi connectivity index (χ0v) is 14.6. The molecule has 0 fully saturated rings. The van der Waals surface area contributed by atoms with Gasteiger partial charge in [0, 0.05) is 11.3 Å². The second-order valence-electron chi connectivity index (χ2n) is 5.68. The highest BCUT2D eigenvalue weighted by Crippen LogP contribution is 2.12. The normalized spacial score (nSPS) is 10.2. The molecule has 0 radical (unpaired) electrons. The Labute approximate surface area is 159 Å². The number of hydrazine groups is 1. The minimum absolute atomic E-state index is 0.139. The van der Waals surface area contributed by atoms with E-state index in [0.29, 0.717) is 11.3 Å². The van der Waals surface area contributed by atoms with Crippen molar-refractivity contribution < 1.29 is 18.8 Å². The molecular formula is C19H16FN5O3. The highest BCUT2D eigenvalue weighted by molar-refractivity contribution is 5.97. The number of hydrogen-bond acceptors (Lipinski definition) is 4. The molecular weight excluding hydrogens is 365 g/mol. The maximum Gasteiger partial charge on any atom is 0.288 e. The van der Waals surface area contributed by atoms with Gasteiger partial charge in [0.05, 0.1) is 19.1 Å². The van der Waals surface area contributed by atoms with Crippen molar-refractivity contribution in [3.63, 3.8) is 0 Å². The Morgan fingerprint density at radius 1 is 0.929 bits per heavy atom. The van der Waals surface area contributed by atoms with Crippen LogP contribution in [0.4, 0.5) is 4.39 Å². The van der Waals surface area contributed by atoms with Crippen molar-refractivity contribution in [1.82, 2.24) is 25.7 Å².